The van der Waals surface area contributed by atoms with Crippen LogP contribution in [0.1, 0.15) is 60.6 Å². The second-order valence-corrected chi connectivity index (χ2v) is 7.73. The molecule has 2 rings (SSSR count). The molecule has 1 heterocycles. The predicted octanol–water partition coefficient (Wildman–Crippen LogP) is 5.36. The standard InChI is InChI=1S/C24H28F3N3O4/c1-5-17(20-28-23(34-29-20)24(3,26)27)9-6-7-14-30(21(31)16(2)12-13-25)19-11-8-10-18(15-19)22(32)33-4/h5,8,10-11,15,17H,1-2,6-7,9,12-14H2,3-4H3. The van der Waals surface area contributed by atoms with Gasteiger partial charge in [0.05, 0.1) is 19.3 Å². The van der Waals surface area contributed by atoms with Gasteiger partial charge in [-0.25, -0.2) is 4.79 Å². The van der Waals surface area contributed by atoms with Gasteiger partial charge in [-0.05, 0) is 31.0 Å². The molecule has 34 heavy (non-hydrogen) atoms. The van der Waals surface area contributed by atoms with Crippen LogP contribution in [-0.4, -0.2) is 42.3 Å². The molecule has 0 fully saturated rings. The quantitative estimate of drug-likeness (QED) is 0.166. The normalized spacial score (nSPS) is 12.1. The third-order valence-corrected chi connectivity index (χ3v) is 5.10. The average molecular weight is 479 g/mol. The number of halogens is 3. The number of ether oxygens (including phenoxy) is 1. The Morgan fingerprint density at radius 2 is 2.06 bits per heavy atom. The van der Waals surface area contributed by atoms with Crippen molar-refractivity contribution in [1.29, 1.82) is 0 Å². The summed E-state index contributed by atoms with van der Waals surface area (Å²) in [4.78, 5) is 30.0. The van der Waals surface area contributed by atoms with Crippen LogP contribution in [0.5, 0.6) is 0 Å². The Balaban J connectivity index is 2.11. The number of aromatic nitrogens is 2. The molecule has 2 aromatic rings. The summed E-state index contributed by atoms with van der Waals surface area (Å²) in [5.74, 6) is -5.30. The highest BCUT2D eigenvalue weighted by Crippen LogP contribution is 2.28. The molecule has 0 radical (unpaired) electrons. The summed E-state index contributed by atoms with van der Waals surface area (Å²) in [6, 6.07) is 6.35. The first kappa shape index (κ1) is 26.8. The Morgan fingerprint density at radius 3 is 2.65 bits per heavy atom. The number of nitrogens with zero attached hydrogens (tertiary/aromatic N) is 3. The average Bonchev–Trinajstić information content (AvgIpc) is 3.31. The van der Waals surface area contributed by atoms with Gasteiger partial charge in [0, 0.05) is 37.1 Å². The number of rotatable bonds is 13. The van der Waals surface area contributed by atoms with Crippen LogP contribution in [0.15, 0.2) is 53.6 Å². The van der Waals surface area contributed by atoms with E-state index in [1.54, 1.807) is 24.3 Å². The second kappa shape index (κ2) is 12.2. The summed E-state index contributed by atoms with van der Waals surface area (Å²) < 4.78 is 48.9. The van der Waals surface area contributed by atoms with Gasteiger partial charge in [0.25, 0.3) is 11.8 Å². The Kier molecular flexibility index (Phi) is 9.58. The van der Waals surface area contributed by atoms with Crippen molar-refractivity contribution in [3.63, 3.8) is 0 Å². The summed E-state index contributed by atoms with van der Waals surface area (Å²) in [6.45, 7) is 7.59. The molecule has 0 aliphatic heterocycles. The molecular weight excluding hydrogens is 451 g/mol. The SMILES string of the molecule is C=CC(CCCCN(C(=O)C(=C)CCF)c1cccc(C(=O)OC)c1)c1noc(C(C)(F)F)n1. The van der Waals surface area contributed by atoms with Gasteiger partial charge in [-0.1, -0.05) is 30.3 Å². The number of benzene rings is 1. The van der Waals surface area contributed by atoms with E-state index >= 15 is 0 Å². The Labute approximate surface area is 196 Å². The molecule has 0 aliphatic carbocycles. The molecule has 184 valence electrons. The zero-order valence-corrected chi connectivity index (χ0v) is 19.2. The number of carbonyl (C=O) groups excluding carboxylic acids is 2. The minimum atomic E-state index is -3.24. The van der Waals surface area contributed by atoms with E-state index in [-0.39, 0.29) is 29.9 Å². The van der Waals surface area contributed by atoms with Crippen LogP contribution in [0.4, 0.5) is 18.9 Å². The first-order valence-electron chi connectivity index (χ1n) is 10.7. The van der Waals surface area contributed by atoms with E-state index < -0.39 is 36.3 Å². The van der Waals surface area contributed by atoms with Crippen LogP contribution < -0.4 is 4.90 Å². The van der Waals surface area contributed by atoms with Gasteiger partial charge in [0.2, 0.25) is 0 Å². The highest BCUT2D eigenvalue weighted by atomic mass is 19.3. The second-order valence-electron chi connectivity index (χ2n) is 7.73. The van der Waals surface area contributed by atoms with Crippen LogP contribution in [0.25, 0.3) is 0 Å². The molecule has 1 aromatic carbocycles. The van der Waals surface area contributed by atoms with Crippen LogP contribution in [0.3, 0.4) is 0 Å². The van der Waals surface area contributed by atoms with E-state index in [0.717, 1.165) is 0 Å². The Morgan fingerprint density at radius 1 is 1.32 bits per heavy atom. The molecule has 1 amide bonds. The molecular formula is C24H28F3N3O4. The lowest BCUT2D eigenvalue weighted by Crippen LogP contribution is -2.33. The van der Waals surface area contributed by atoms with Gasteiger partial charge in [-0.3, -0.25) is 9.18 Å². The molecule has 0 bridgehead atoms. The summed E-state index contributed by atoms with van der Waals surface area (Å²) in [6.07, 6.45) is 3.00. The molecule has 10 heteroatoms. The summed E-state index contributed by atoms with van der Waals surface area (Å²) >= 11 is 0. The molecule has 7 nitrogen and oxygen atoms in total. The highest BCUT2D eigenvalue weighted by molar-refractivity contribution is 6.05. The van der Waals surface area contributed by atoms with Crippen molar-refractivity contribution in [2.45, 2.75) is 44.4 Å². The maximum absolute atomic E-state index is 13.4. The number of carbonyl (C=O) groups is 2. The topological polar surface area (TPSA) is 85.5 Å². The minimum Gasteiger partial charge on any atom is -0.465 e. The van der Waals surface area contributed by atoms with Crippen LogP contribution >= 0.6 is 0 Å². The zero-order chi connectivity index (χ0) is 25.3. The molecule has 0 aliphatic rings. The van der Waals surface area contributed by atoms with Gasteiger partial charge in [0.15, 0.2) is 5.82 Å². The van der Waals surface area contributed by atoms with Crippen molar-refractivity contribution in [2.75, 3.05) is 25.2 Å². The van der Waals surface area contributed by atoms with E-state index in [4.69, 9.17) is 4.74 Å². The molecule has 1 atom stereocenters. The van der Waals surface area contributed by atoms with Crippen LogP contribution in [0.2, 0.25) is 0 Å². The van der Waals surface area contributed by atoms with Gasteiger partial charge in [-0.15, -0.1) is 6.58 Å². The van der Waals surface area contributed by atoms with Crippen molar-refractivity contribution in [2.24, 2.45) is 0 Å². The van der Waals surface area contributed by atoms with E-state index in [1.807, 2.05) is 0 Å². The van der Waals surface area contributed by atoms with Gasteiger partial charge in [0.1, 0.15) is 0 Å². The van der Waals surface area contributed by atoms with E-state index in [2.05, 4.69) is 27.8 Å². The molecule has 0 spiro atoms. The first-order chi connectivity index (χ1) is 16.1. The fourth-order valence-corrected chi connectivity index (χ4v) is 3.23. The van der Waals surface area contributed by atoms with Crippen molar-refractivity contribution in [3.05, 3.63) is 66.4 Å². The summed E-state index contributed by atoms with van der Waals surface area (Å²) in [5.41, 5.74) is 0.817. The lowest BCUT2D eigenvalue weighted by atomic mass is 10.0. The highest BCUT2D eigenvalue weighted by Gasteiger charge is 2.33. The zero-order valence-electron chi connectivity index (χ0n) is 19.2. The molecule has 0 N–H and O–H groups in total. The lowest BCUT2D eigenvalue weighted by Gasteiger charge is -2.24. The molecule has 1 aromatic heterocycles. The smallest absolute Gasteiger partial charge is 0.337 e. The minimum absolute atomic E-state index is 0.104. The number of anilines is 1. The summed E-state index contributed by atoms with van der Waals surface area (Å²) in [5, 5.41) is 3.63. The third kappa shape index (κ3) is 7.03. The maximum atomic E-state index is 13.4. The number of alkyl halides is 3. The Hall–Kier alpha value is -3.43. The number of hydrogen-bond acceptors (Lipinski definition) is 6. The van der Waals surface area contributed by atoms with Crippen molar-refractivity contribution < 1.29 is 32.0 Å². The lowest BCUT2D eigenvalue weighted by molar-refractivity contribution is -0.115. The van der Waals surface area contributed by atoms with E-state index in [0.29, 0.717) is 31.9 Å². The first-order valence-corrected chi connectivity index (χ1v) is 10.7. The van der Waals surface area contributed by atoms with Crippen molar-refractivity contribution in [3.8, 4) is 0 Å². The number of allylic oxidation sites excluding steroid dienone is 1. The monoisotopic (exact) mass is 479 g/mol. The fraction of sp³-hybridized carbons (Fsp3) is 0.417. The molecule has 0 saturated carbocycles. The van der Waals surface area contributed by atoms with Crippen molar-refractivity contribution >= 4 is 17.6 Å². The number of unbranched alkanes of at least 4 members (excludes halogenated alkanes) is 1. The van der Waals surface area contributed by atoms with Gasteiger partial charge >= 0.3 is 11.9 Å². The van der Waals surface area contributed by atoms with E-state index in [1.165, 1.54) is 18.1 Å². The fourth-order valence-electron chi connectivity index (χ4n) is 3.23. The maximum Gasteiger partial charge on any atom is 0.337 e. The third-order valence-electron chi connectivity index (χ3n) is 5.10. The van der Waals surface area contributed by atoms with E-state index in [9.17, 15) is 22.8 Å². The molecule has 0 saturated heterocycles. The Bertz CT molecular complexity index is 1020. The summed E-state index contributed by atoms with van der Waals surface area (Å²) in [7, 11) is 1.26. The van der Waals surface area contributed by atoms with Crippen LogP contribution in [-0.2, 0) is 15.5 Å². The van der Waals surface area contributed by atoms with Crippen molar-refractivity contribution in [1.82, 2.24) is 10.1 Å². The van der Waals surface area contributed by atoms with Gasteiger partial charge < -0.3 is 14.2 Å². The van der Waals surface area contributed by atoms with Crippen LogP contribution in [0, 0.1) is 0 Å². The number of amides is 1. The van der Waals surface area contributed by atoms with Gasteiger partial charge in [-0.2, -0.15) is 13.8 Å². The largest absolute Gasteiger partial charge is 0.465 e. The number of hydrogen-bond donors (Lipinski definition) is 0. The number of methoxy groups -OCH3 is 1. The molecule has 1 unspecified atom stereocenters. The number of esters is 1. The predicted molar refractivity (Wildman–Crippen MR) is 121 cm³/mol.